The molecule has 0 heterocycles. The summed E-state index contributed by atoms with van der Waals surface area (Å²) in [6, 6.07) is 32.3. The highest BCUT2D eigenvalue weighted by Crippen LogP contribution is 2.40. The van der Waals surface area contributed by atoms with Crippen LogP contribution in [-0.2, 0) is 4.79 Å². The molecule has 0 aliphatic heterocycles. The topological polar surface area (TPSA) is 17.1 Å². The quantitative estimate of drug-likeness (QED) is 0.105. The second-order valence-electron chi connectivity index (χ2n) is 11.1. The zero-order chi connectivity index (χ0) is 29.7. The van der Waals surface area contributed by atoms with Crippen LogP contribution in [-0.4, -0.2) is 4.69 Å². The molecule has 0 saturated heterocycles. The van der Waals surface area contributed by atoms with Crippen molar-refractivity contribution in [1.82, 2.24) is 0 Å². The Morgan fingerprint density at radius 1 is 0.780 bits per heavy atom. The van der Waals surface area contributed by atoms with E-state index in [9.17, 15) is 4.79 Å². The summed E-state index contributed by atoms with van der Waals surface area (Å²) in [6.45, 7) is 10.9. The van der Waals surface area contributed by atoms with Gasteiger partial charge in [0.05, 0.1) is 0 Å². The molecular formula is C38H42BrOP. The number of allylic oxidation sites excluding steroid dienone is 10. The molecule has 0 atom stereocenters. The number of benzene rings is 3. The molecule has 0 unspecified atom stereocenters. The predicted octanol–water partition coefficient (Wildman–Crippen LogP) is 9.88. The summed E-state index contributed by atoms with van der Waals surface area (Å²) in [5.41, 5.74) is 5.42. The first-order valence-electron chi connectivity index (χ1n) is 14.2. The lowest BCUT2D eigenvalue weighted by Gasteiger charge is -2.32. The summed E-state index contributed by atoms with van der Waals surface area (Å²) in [5, 5.41) is 4.19. The molecule has 1 aliphatic carbocycles. The SMILES string of the molecule is CC1=C(/C=C/C(C)=C/C=C/C(C)=C/C(=O)Br)C(C)(C)CCC1.c1ccc(P(c2ccccc2)c2ccccc2)cc1. The lowest BCUT2D eigenvalue weighted by Crippen LogP contribution is -2.20. The molecule has 4 rings (SSSR count). The molecular weight excluding hydrogens is 583 g/mol. The van der Waals surface area contributed by atoms with Crippen LogP contribution in [0.2, 0.25) is 0 Å². The van der Waals surface area contributed by atoms with Gasteiger partial charge in [-0.25, -0.2) is 0 Å². The number of hydrogen-bond acceptors (Lipinski definition) is 1. The zero-order valence-electron chi connectivity index (χ0n) is 25.0. The molecule has 1 nitrogen and oxygen atoms in total. The van der Waals surface area contributed by atoms with E-state index in [0.717, 1.165) is 5.57 Å². The van der Waals surface area contributed by atoms with E-state index in [1.54, 1.807) is 6.08 Å². The summed E-state index contributed by atoms with van der Waals surface area (Å²) < 4.78 is -0.0998. The van der Waals surface area contributed by atoms with Gasteiger partial charge in [0, 0.05) is 0 Å². The van der Waals surface area contributed by atoms with Gasteiger partial charge in [0.2, 0.25) is 4.69 Å². The Labute approximate surface area is 257 Å². The van der Waals surface area contributed by atoms with Crippen LogP contribution in [0.25, 0.3) is 0 Å². The molecule has 0 aromatic heterocycles. The van der Waals surface area contributed by atoms with E-state index in [2.05, 4.69) is 153 Å². The van der Waals surface area contributed by atoms with Gasteiger partial charge in [0.25, 0.3) is 0 Å². The lowest BCUT2D eigenvalue weighted by atomic mass is 9.72. The highest BCUT2D eigenvalue weighted by Gasteiger charge is 2.26. The highest BCUT2D eigenvalue weighted by molar-refractivity contribution is 9.18. The van der Waals surface area contributed by atoms with Crippen LogP contribution in [0.4, 0.5) is 0 Å². The first-order valence-corrected chi connectivity index (χ1v) is 16.4. The van der Waals surface area contributed by atoms with Crippen molar-refractivity contribution in [2.24, 2.45) is 5.41 Å². The largest absolute Gasteiger partial charge is 0.282 e. The minimum absolute atomic E-state index is 0.0998. The van der Waals surface area contributed by atoms with Crippen LogP contribution in [0.3, 0.4) is 0 Å². The monoisotopic (exact) mass is 624 g/mol. The van der Waals surface area contributed by atoms with E-state index in [1.807, 2.05) is 19.1 Å². The third-order valence-electron chi connectivity index (χ3n) is 7.16. The molecule has 3 aromatic rings. The van der Waals surface area contributed by atoms with Gasteiger partial charge in [-0.05, 0) is 102 Å². The molecule has 1 aliphatic rings. The van der Waals surface area contributed by atoms with Crippen LogP contribution >= 0.6 is 23.9 Å². The maximum Gasteiger partial charge on any atom is 0.221 e. The maximum atomic E-state index is 10.9. The van der Waals surface area contributed by atoms with Crippen LogP contribution < -0.4 is 15.9 Å². The Morgan fingerprint density at radius 2 is 1.27 bits per heavy atom. The number of halogens is 1. The van der Waals surface area contributed by atoms with E-state index in [-0.39, 0.29) is 10.1 Å². The normalized spacial score (nSPS) is 15.8. The molecule has 212 valence electrons. The number of carbonyl (C=O) groups is 1. The third kappa shape index (κ3) is 10.7. The second-order valence-corrected chi connectivity index (χ2v) is 14.1. The van der Waals surface area contributed by atoms with Crippen molar-refractivity contribution in [3.63, 3.8) is 0 Å². The van der Waals surface area contributed by atoms with Crippen LogP contribution in [0.5, 0.6) is 0 Å². The first kappa shape index (κ1) is 32.5. The summed E-state index contributed by atoms with van der Waals surface area (Å²) >= 11 is 2.90. The number of rotatable bonds is 8. The Hall–Kier alpha value is -3.06. The fourth-order valence-electron chi connectivity index (χ4n) is 5.04. The predicted molar refractivity (Wildman–Crippen MR) is 185 cm³/mol. The summed E-state index contributed by atoms with van der Waals surface area (Å²) in [7, 11) is -0.446. The van der Waals surface area contributed by atoms with E-state index >= 15 is 0 Å². The molecule has 0 spiro atoms. The molecule has 0 fully saturated rings. The van der Waals surface area contributed by atoms with Crippen molar-refractivity contribution >= 4 is 44.5 Å². The maximum absolute atomic E-state index is 10.9. The van der Waals surface area contributed by atoms with Gasteiger partial charge >= 0.3 is 0 Å². The minimum atomic E-state index is -0.446. The Morgan fingerprint density at radius 3 is 1.71 bits per heavy atom. The van der Waals surface area contributed by atoms with Gasteiger partial charge in [-0.2, -0.15) is 0 Å². The van der Waals surface area contributed by atoms with Crippen LogP contribution in [0.15, 0.2) is 150 Å². The Kier molecular flexibility index (Phi) is 13.0. The average Bonchev–Trinajstić information content (AvgIpc) is 2.94. The molecule has 0 bridgehead atoms. The molecule has 3 aromatic carbocycles. The van der Waals surface area contributed by atoms with E-state index in [0.29, 0.717) is 0 Å². The highest BCUT2D eigenvalue weighted by atomic mass is 79.9. The van der Waals surface area contributed by atoms with Gasteiger partial charge in [-0.15, -0.1) is 0 Å². The first-order chi connectivity index (χ1) is 19.7. The van der Waals surface area contributed by atoms with Crippen molar-refractivity contribution in [3.05, 3.63) is 150 Å². The Balaban J connectivity index is 0.000000227. The molecule has 0 N–H and O–H groups in total. The molecule has 0 radical (unpaired) electrons. The number of hydrogen-bond donors (Lipinski definition) is 0. The Bertz CT molecular complexity index is 1320. The van der Waals surface area contributed by atoms with Gasteiger partial charge in [0.1, 0.15) is 0 Å². The van der Waals surface area contributed by atoms with E-state index in [1.165, 1.54) is 51.9 Å². The van der Waals surface area contributed by atoms with Gasteiger partial charge in [0.15, 0.2) is 0 Å². The molecule has 41 heavy (non-hydrogen) atoms. The molecule has 0 saturated carbocycles. The lowest BCUT2D eigenvalue weighted by molar-refractivity contribution is -0.106. The second kappa shape index (κ2) is 16.4. The average molecular weight is 626 g/mol. The minimum Gasteiger partial charge on any atom is -0.282 e. The van der Waals surface area contributed by atoms with Crippen molar-refractivity contribution in [1.29, 1.82) is 0 Å². The fourth-order valence-corrected chi connectivity index (χ4v) is 7.70. The van der Waals surface area contributed by atoms with Crippen LogP contribution in [0.1, 0.15) is 53.9 Å². The summed E-state index contributed by atoms with van der Waals surface area (Å²) in [6.07, 6.45) is 15.8. The van der Waals surface area contributed by atoms with E-state index in [4.69, 9.17) is 0 Å². The fraction of sp³-hybridized carbons (Fsp3) is 0.237. The van der Waals surface area contributed by atoms with Crippen molar-refractivity contribution in [3.8, 4) is 0 Å². The van der Waals surface area contributed by atoms with Crippen molar-refractivity contribution in [2.75, 3.05) is 0 Å². The smallest absolute Gasteiger partial charge is 0.221 e. The number of carbonyl (C=O) groups excluding carboxylic acids is 1. The standard InChI is InChI=1S/C20H27BrO.C18H15P/c1-15(8-6-9-16(2)14-19(21)22)11-12-18-17(3)10-7-13-20(18,4)5;1-4-10-16(11-5-1)19(17-12-6-2-7-13-17)18-14-8-3-9-15-18/h6,8-9,11-12,14H,7,10,13H2,1-5H3;1-15H/b9-6+,12-11+,15-8+,16-14+;. The van der Waals surface area contributed by atoms with Crippen molar-refractivity contribution in [2.45, 2.75) is 53.9 Å². The molecule has 0 amide bonds. The summed E-state index contributed by atoms with van der Waals surface area (Å²) in [4.78, 5) is 10.9. The van der Waals surface area contributed by atoms with Gasteiger partial charge in [-0.1, -0.05) is 146 Å². The van der Waals surface area contributed by atoms with E-state index < -0.39 is 7.92 Å². The van der Waals surface area contributed by atoms with Gasteiger partial charge in [-0.3, -0.25) is 4.79 Å². The zero-order valence-corrected chi connectivity index (χ0v) is 27.5. The van der Waals surface area contributed by atoms with Gasteiger partial charge < -0.3 is 0 Å². The third-order valence-corrected chi connectivity index (χ3v) is 9.83. The van der Waals surface area contributed by atoms with Crippen molar-refractivity contribution < 1.29 is 4.79 Å². The van der Waals surface area contributed by atoms with Crippen LogP contribution in [0, 0.1) is 5.41 Å². The molecule has 3 heteroatoms. The summed E-state index contributed by atoms with van der Waals surface area (Å²) in [5.74, 6) is 0.